The first-order valence-electron chi connectivity index (χ1n) is 5.25. The number of sulfonamides is 1. The minimum absolute atomic E-state index is 0.258. The average molecular weight is 292 g/mol. The molecule has 0 spiro atoms. The monoisotopic (exact) mass is 292 g/mol. The van der Waals surface area contributed by atoms with Crippen LogP contribution in [-0.4, -0.2) is 14.5 Å². The highest BCUT2D eigenvalue weighted by Crippen LogP contribution is 2.20. The zero-order valence-corrected chi connectivity index (χ0v) is 10.9. The molecule has 4 nitrogen and oxygen atoms in total. The lowest BCUT2D eigenvalue weighted by molar-refractivity contribution is 0.481. The van der Waals surface area contributed by atoms with E-state index in [9.17, 15) is 21.6 Å². The van der Waals surface area contributed by atoms with Gasteiger partial charge in [-0.1, -0.05) is 13.8 Å². The van der Waals surface area contributed by atoms with Crippen LogP contribution in [0, 0.1) is 34.7 Å². The molecule has 0 saturated carbocycles. The molecule has 1 aromatic carbocycles. The Bertz CT molecular complexity index is 600. The van der Waals surface area contributed by atoms with Crippen molar-refractivity contribution < 1.29 is 21.6 Å². The molecule has 0 aliphatic heterocycles. The van der Waals surface area contributed by atoms with E-state index in [1.54, 1.807) is 19.9 Å². The number of nitrogens with one attached hydrogen (secondary N) is 1. The molecule has 0 radical (unpaired) electrons. The van der Waals surface area contributed by atoms with Gasteiger partial charge < -0.3 is 0 Å². The van der Waals surface area contributed by atoms with Crippen molar-refractivity contribution in [3.63, 3.8) is 0 Å². The molecule has 0 aliphatic carbocycles. The van der Waals surface area contributed by atoms with Crippen molar-refractivity contribution >= 4 is 10.0 Å². The van der Waals surface area contributed by atoms with Gasteiger partial charge >= 0.3 is 0 Å². The van der Waals surface area contributed by atoms with Crippen LogP contribution in [0.15, 0.2) is 17.0 Å². The second-order valence-electron chi connectivity index (χ2n) is 4.17. The van der Waals surface area contributed by atoms with Gasteiger partial charge in [-0.05, 0) is 5.92 Å². The number of benzene rings is 1. The van der Waals surface area contributed by atoms with Crippen molar-refractivity contribution in [2.45, 2.75) is 24.8 Å². The Balaban J connectivity index is 3.26. The highest BCUT2D eigenvalue weighted by Gasteiger charge is 2.28. The summed E-state index contributed by atoms with van der Waals surface area (Å²) in [6, 6.07) is 1.04. The highest BCUT2D eigenvalue weighted by atomic mass is 32.2. The second-order valence-corrected chi connectivity index (χ2v) is 5.82. The van der Waals surface area contributed by atoms with Gasteiger partial charge in [0.25, 0.3) is 0 Å². The van der Waals surface area contributed by atoms with Crippen LogP contribution < -0.4 is 4.72 Å². The molecule has 0 amide bonds. The molecule has 0 fully saturated rings. The molecular weight excluding hydrogens is 281 g/mol. The third kappa shape index (κ3) is 3.45. The summed E-state index contributed by atoms with van der Waals surface area (Å²) >= 11 is 0. The average Bonchev–Trinajstić information content (AvgIpc) is 2.23. The number of nitrogens with zero attached hydrogens (tertiary/aromatic N) is 1. The lowest BCUT2D eigenvalue weighted by Gasteiger charge is -2.15. The normalized spacial score (nSPS) is 13.3. The summed E-state index contributed by atoms with van der Waals surface area (Å²) in [5.41, 5.74) is 0. The van der Waals surface area contributed by atoms with Crippen molar-refractivity contribution in [2.24, 2.45) is 5.92 Å². The third-order valence-electron chi connectivity index (χ3n) is 2.32. The van der Waals surface area contributed by atoms with E-state index in [2.05, 4.69) is 0 Å². The minimum Gasteiger partial charge on any atom is -0.207 e. The predicted molar refractivity (Wildman–Crippen MR) is 60.9 cm³/mol. The van der Waals surface area contributed by atoms with Crippen molar-refractivity contribution in [3.8, 4) is 6.07 Å². The number of rotatable bonds is 4. The Morgan fingerprint density at radius 2 is 1.68 bits per heavy atom. The topological polar surface area (TPSA) is 70.0 Å². The highest BCUT2D eigenvalue weighted by molar-refractivity contribution is 7.89. The Morgan fingerprint density at radius 3 is 2.05 bits per heavy atom. The Kier molecular flexibility index (Phi) is 4.55. The van der Waals surface area contributed by atoms with Gasteiger partial charge in [0.2, 0.25) is 10.0 Å². The van der Waals surface area contributed by atoms with Crippen LogP contribution in [0.4, 0.5) is 13.2 Å². The molecule has 104 valence electrons. The summed E-state index contributed by atoms with van der Waals surface area (Å²) < 4.78 is 64.9. The number of hydrogen-bond acceptors (Lipinski definition) is 3. The zero-order valence-electron chi connectivity index (χ0n) is 10.1. The summed E-state index contributed by atoms with van der Waals surface area (Å²) in [6.45, 7) is 3.13. The Morgan fingerprint density at radius 1 is 1.21 bits per heavy atom. The molecule has 19 heavy (non-hydrogen) atoms. The first-order valence-corrected chi connectivity index (χ1v) is 6.74. The van der Waals surface area contributed by atoms with Crippen LogP contribution >= 0.6 is 0 Å². The number of hydrogen-bond donors (Lipinski definition) is 1. The standard InChI is InChI=1S/C11H11F3N2O2S/c1-6(2)10(5-15)16-19(17,18)11-8(13)3-7(12)4-9(11)14/h3-4,6,10,16H,1-2H3. The van der Waals surface area contributed by atoms with Gasteiger partial charge in [0.15, 0.2) is 4.90 Å². The fourth-order valence-electron chi connectivity index (χ4n) is 1.32. The summed E-state index contributed by atoms with van der Waals surface area (Å²) in [5, 5.41) is 8.76. The summed E-state index contributed by atoms with van der Waals surface area (Å²) in [5.74, 6) is -4.73. The van der Waals surface area contributed by atoms with E-state index >= 15 is 0 Å². The van der Waals surface area contributed by atoms with Crippen molar-refractivity contribution in [3.05, 3.63) is 29.6 Å². The van der Waals surface area contributed by atoms with Gasteiger partial charge in [0.1, 0.15) is 23.5 Å². The van der Waals surface area contributed by atoms with Crippen LogP contribution in [0.25, 0.3) is 0 Å². The van der Waals surface area contributed by atoms with Crippen molar-refractivity contribution in [1.29, 1.82) is 5.26 Å². The van der Waals surface area contributed by atoms with Gasteiger partial charge in [0, 0.05) is 12.1 Å². The van der Waals surface area contributed by atoms with E-state index < -0.39 is 44.3 Å². The van der Waals surface area contributed by atoms with Gasteiger partial charge in [0.05, 0.1) is 6.07 Å². The molecule has 1 atom stereocenters. The molecule has 8 heteroatoms. The van der Waals surface area contributed by atoms with Gasteiger partial charge in [-0.2, -0.15) is 9.98 Å². The van der Waals surface area contributed by atoms with E-state index in [0.29, 0.717) is 0 Å². The van der Waals surface area contributed by atoms with Crippen molar-refractivity contribution in [1.82, 2.24) is 4.72 Å². The Labute approximate surface area is 108 Å². The summed E-state index contributed by atoms with van der Waals surface area (Å²) in [7, 11) is -4.58. The third-order valence-corrected chi connectivity index (χ3v) is 3.81. The fourth-order valence-corrected chi connectivity index (χ4v) is 2.73. The Hall–Kier alpha value is -1.59. The molecule has 0 aliphatic rings. The van der Waals surface area contributed by atoms with Crippen LogP contribution in [0.2, 0.25) is 0 Å². The molecule has 1 unspecified atom stereocenters. The smallest absolute Gasteiger partial charge is 0.207 e. The van der Waals surface area contributed by atoms with Crippen LogP contribution in [-0.2, 0) is 10.0 Å². The SMILES string of the molecule is CC(C)C(C#N)NS(=O)(=O)c1c(F)cc(F)cc1F. The molecule has 0 aromatic heterocycles. The molecule has 1 aromatic rings. The summed E-state index contributed by atoms with van der Waals surface area (Å²) in [4.78, 5) is -1.30. The van der Waals surface area contributed by atoms with E-state index in [1.165, 1.54) is 0 Å². The molecule has 1 rings (SSSR count). The first kappa shape index (κ1) is 15.5. The van der Waals surface area contributed by atoms with Crippen LogP contribution in [0.5, 0.6) is 0 Å². The quantitative estimate of drug-likeness (QED) is 0.921. The van der Waals surface area contributed by atoms with Crippen LogP contribution in [0.3, 0.4) is 0 Å². The summed E-state index contributed by atoms with van der Waals surface area (Å²) in [6.07, 6.45) is 0. The first-order chi connectivity index (χ1) is 8.69. The number of nitriles is 1. The largest absolute Gasteiger partial charge is 0.247 e. The van der Waals surface area contributed by atoms with Crippen molar-refractivity contribution in [2.75, 3.05) is 0 Å². The minimum atomic E-state index is -4.58. The van der Waals surface area contributed by atoms with E-state index in [-0.39, 0.29) is 12.1 Å². The lowest BCUT2D eigenvalue weighted by atomic mass is 10.1. The van der Waals surface area contributed by atoms with E-state index in [1.807, 2.05) is 4.72 Å². The molecule has 0 heterocycles. The van der Waals surface area contributed by atoms with Gasteiger partial charge in [-0.3, -0.25) is 0 Å². The van der Waals surface area contributed by atoms with Gasteiger partial charge in [-0.25, -0.2) is 21.6 Å². The van der Waals surface area contributed by atoms with Gasteiger partial charge in [-0.15, -0.1) is 0 Å². The molecule has 1 N–H and O–H groups in total. The van der Waals surface area contributed by atoms with Crippen LogP contribution in [0.1, 0.15) is 13.8 Å². The maximum atomic E-state index is 13.4. The van der Waals surface area contributed by atoms with E-state index in [0.717, 1.165) is 0 Å². The number of halogens is 3. The molecular formula is C11H11F3N2O2S. The maximum absolute atomic E-state index is 13.4. The maximum Gasteiger partial charge on any atom is 0.247 e. The zero-order chi connectivity index (χ0) is 14.8. The van der Waals surface area contributed by atoms with E-state index in [4.69, 9.17) is 5.26 Å². The predicted octanol–water partition coefficient (Wildman–Crippen LogP) is 1.93. The molecule has 0 saturated heterocycles. The fraction of sp³-hybridized carbons (Fsp3) is 0.364. The lowest BCUT2D eigenvalue weighted by Crippen LogP contribution is -2.38. The molecule has 0 bridgehead atoms. The second kappa shape index (κ2) is 5.59.